The van der Waals surface area contributed by atoms with Crippen LogP contribution in [0.3, 0.4) is 0 Å². The molecular weight excluding hydrogens is 320 g/mol. The molecule has 6 nitrogen and oxygen atoms in total. The molecule has 0 saturated carbocycles. The molecule has 0 aromatic heterocycles. The second-order valence-electron chi connectivity index (χ2n) is 6.68. The Bertz CT molecular complexity index is 638. The largest absolute Gasteiger partial charge is 0.497 e. The van der Waals surface area contributed by atoms with E-state index in [1.54, 1.807) is 31.3 Å². The van der Waals surface area contributed by atoms with Crippen LogP contribution in [0.25, 0.3) is 0 Å². The summed E-state index contributed by atoms with van der Waals surface area (Å²) in [4.78, 5) is 29.0. The normalized spacial score (nSPS) is 21.2. The van der Waals surface area contributed by atoms with E-state index in [9.17, 15) is 9.59 Å². The zero-order valence-electron chi connectivity index (χ0n) is 15.0. The first-order valence-electron chi connectivity index (χ1n) is 8.95. The number of carbonyl (C=O) groups is 2. The first kappa shape index (κ1) is 17.6. The lowest BCUT2D eigenvalue weighted by atomic mass is 10.1. The van der Waals surface area contributed by atoms with Crippen LogP contribution in [0.15, 0.2) is 18.2 Å². The molecular formula is C19H26N2O4. The van der Waals surface area contributed by atoms with Crippen molar-refractivity contribution in [1.82, 2.24) is 4.90 Å². The van der Waals surface area contributed by atoms with E-state index in [0.717, 1.165) is 25.9 Å². The Kier molecular flexibility index (Phi) is 5.46. The summed E-state index contributed by atoms with van der Waals surface area (Å²) >= 11 is 0. The second-order valence-corrected chi connectivity index (χ2v) is 6.68. The number of carbonyl (C=O) groups excluding carboxylic acids is 2. The monoisotopic (exact) mass is 346 g/mol. The Labute approximate surface area is 148 Å². The molecule has 2 aliphatic heterocycles. The summed E-state index contributed by atoms with van der Waals surface area (Å²) in [7, 11) is 3.16. The minimum atomic E-state index is -0.266. The zero-order chi connectivity index (χ0) is 17.8. The predicted octanol–water partition coefficient (Wildman–Crippen LogP) is 2.46. The summed E-state index contributed by atoms with van der Waals surface area (Å²) in [5.41, 5.74) is 0.694. The molecule has 136 valence electrons. The average Bonchev–Trinajstić information content (AvgIpc) is 2.85. The van der Waals surface area contributed by atoms with Crippen molar-refractivity contribution in [1.29, 1.82) is 0 Å². The van der Waals surface area contributed by atoms with Crippen LogP contribution in [0, 0.1) is 5.92 Å². The topological polar surface area (TPSA) is 59.1 Å². The Hall–Kier alpha value is -2.24. The molecule has 2 heterocycles. The number of nitrogens with zero attached hydrogens (tertiary/aromatic N) is 2. The molecule has 0 N–H and O–H groups in total. The van der Waals surface area contributed by atoms with E-state index in [2.05, 4.69) is 0 Å². The second kappa shape index (κ2) is 7.76. The molecule has 2 aliphatic rings. The van der Waals surface area contributed by atoms with Gasteiger partial charge in [-0.15, -0.1) is 0 Å². The fraction of sp³-hybridized carbons (Fsp3) is 0.579. The number of benzene rings is 1. The highest BCUT2D eigenvalue weighted by molar-refractivity contribution is 6.01. The molecule has 6 heteroatoms. The number of anilines is 1. The quantitative estimate of drug-likeness (QED) is 0.840. The van der Waals surface area contributed by atoms with Gasteiger partial charge in [-0.05, 0) is 25.0 Å². The van der Waals surface area contributed by atoms with Crippen molar-refractivity contribution in [3.8, 4) is 11.5 Å². The van der Waals surface area contributed by atoms with E-state index in [-0.39, 0.29) is 24.2 Å². The van der Waals surface area contributed by atoms with Crippen molar-refractivity contribution in [3.05, 3.63) is 18.2 Å². The highest BCUT2D eigenvalue weighted by Gasteiger charge is 2.38. The van der Waals surface area contributed by atoms with Gasteiger partial charge in [0, 0.05) is 32.1 Å². The van der Waals surface area contributed by atoms with Gasteiger partial charge in [0.15, 0.2) is 0 Å². The third kappa shape index (κ3) is 3.72. The highest BCUT2D eigenvalue weighted by atomic mass is 16.5. The molecule has 1 atom stereocenters. The average molecular weight is 346 g/mol. The van der Waals surface area contributed by atoms with Crippen LogP contribution in [0.4, 0.5) is 5.69 Å². The number of rotatable bonds is 4. The number of hydrogen-bond acceptors (Lipinski definition) is 4. The molecule has 2 saturated heterocycles. The number of ether oxygens (including phenoxy) is 2. The summed E-state index contributed by atoms with van der Waals surface area (Å²) in [5, 5.41) is 0. The Morgan fingerprint density at radius 2 is 1.80 bits per heavy atom. The summed E-state index contributed by atoms with van der Waals surface area (Å²) in [5.74, 6) is 1.07. The van der Waals surface area contributed by atoms with Gasteiger partial charge in [0.25, 0.3) is 0 Å². The number of amides is 2. The first-order chi connectivity index (χ1) is 12.1. The van der Waals surface area contributed by atoms with Gasteiger partial charge in [-0.3, -0.25) is 9.59 Å². The molecule has 0 radical (unpaired) electrons. The molecule has 0 aliphatic carbocycles. The van der Waals surface area contributed by atoms with Gasteiger partial charge >= 0.3 is 0 Å². The van der Waals surface area contributed by atoms with Gasteiger partial charge in [-0.25, -0.2) is 0 Å². The van der Waals surface area contributed by atoms with E-state index in [1.165, 1.54) is 12.8 Å². The number of hydrogen-bond donors (Lipinski definition) is 0. The maximum Gasteiger partial charge on any atom is 0.228 e. The van der Waals surface area contributed by atoms with Gasteiger partial charge in [-0.1, -0.05) is 12.8 Å². The van der Waals surface area contributed by atoms with Gasteiger partial charge in [-0.2, -0.15) is 0 Å². The smallest absolute Gasteiger partial charge is 0.228 e. The van der Waals surface area contributed by atoms with Crippen molar-refractivity contribution in [2.75, 3.05) is 38.8 Å². The highest BCUT2D eigenvalue weighted by Crippen LogP contribution is 2.36. The lowest BCUT2D eigenvalue weighted by Crippen LogP contribution is -2.38. The van der Waals surface area contributed by atoms with Crippen LogP contribution < -0.4 is 14.4 Å². The summed E-state index contributed by atoms with van der Waals surface area (Å²) in [6.45, 7) is 2.04. The van der Waals surface area contributed by atoms with Crippen LogP contribution in [0.1, 0.15) is 32.1 Å². The van der Waals surface area contributed by atoms with Crippen molar-refractivity contribution in [3.63, 3.8) is 0 Å². The molecule has 2 fully saturated rings. The number of likely N-dealkylation sites (tertiary alicyclic amines) is 1. The van der Waals surface area contributed by atoms with E-state index >= 15 is 0 Å². The standard InChI is InChI=1S/C19H26N2O4/c1-24-15-7-8-16(17(12-15)25-2)21-13-14(11-18(21)22)19(23)20-9-5-3-4-6-10-20/h7-8,12,14H,3-6,9-11,13H2,1-2H3/t14-/m1/s1. The molecule has 0 spiro atoms. The van der Waals surface area contributed by atoms with Crippen molar-refractivity contribution in [2.45, 2.75) is 32.1 Å². The van der Waals surface area contributed by atoms with Crippen LogP contribution in [-0.4, -0.2) is 50.6 Å². The van der Waals surface area contributed by atoms with E-state index in [4.69, 9.17) is 9.47 Å². The van der Waals surface area contributed by atoms with Gasteiger partial charge in [0.1, 0.15) is 11.5 Å². The summed E-state index contributed by atoms with van der Waals surface area (Å²) < 4.78 is 10.6. The van der Waals surface area contributed by atoms with Crippen molar-refractivity contribution in [2.24, 2.45) is 5.92 Å². The van der Waals surface area contributed by atoms with Crippen molar-refractivity contribution < 1.29 is 19.1 Å². The Balaban J connectivity index is 1.75. The molecule has 1 aromatic carbocycles. The van der Waals surface area contributed by atoms with Crippen molar-refractivity contribution >= 4 is 17.5 Å². The van der Waals surface area contributed by atoms with E-state index in [1.807, 2.05) is 11.0 Å². The van der Waals surface area contributed by atoms with Crippen LogP contribution in [0.5, 0.6) is 11.5 Å². The first-order valence-corrected chi connectivity index (χ1v) is 8.95. The van der Waals surface area contributed by atoms with Gasteiger partial charge in [0.05, 0.1) is 25.8 Å². The molecule has 0 bridgehead atoms. The minimum absolute atomic E-state index is 0.0309. The molecule has 1 aromatic rings. The summed E-state index contributed by atoms with van der Waals surface area (Å²) in [6, 6.07) is 5.37. The Morgan fingerprint density at radius 1 is 1.08 bits per heavy atom. The van der Waals surface area contributed by atoms with Crippen LogP contribution in [0.2, 0.25) is 0 Å². The van der Waals surface area contributed by atoms with Crippen LogP contribution >= 0.6 is 0 Å². The minimum Gasteiger partial charge on any atom is -0.497 e. The van der Waals surface area contributed by atoms with Gasteiger partial charge < -0.3 is 19.3 Å². The summed E-state index contributed by atoms with van der Waals surface area (Å²) in [6.07, 6.45) is 4.75. The maximum atomic E-state index is 12.8. The lowest BCUT2D eigenvalue weighted by Gasteiger charge is -2.24. The zero-order valence-corrected chi connectivity index (χ0v) is 15.0. The fourth-order valence-electron chi connectivity index (χ4n) is 3.66. The number of methoxy groups -OCH3 is 2. The van der Waals surface area contributed by atoms with Crippen LogP contribution in [-0.2, 0) is 9.59 Å². The molecule has 3 rings (SSSR count). The third-order valence-corrected chi connectivity index (χ3v) is 5.07. The van der Waals surface area contributed by atoms with E-state index < -0.39 is 0 Å². The van der Waals surface area contributed by atoms with Gasteiger partial charge in [0.2, 0.25) is 11.8 Å². The predicted molar refractivity (Wildman–Crippen MR) is 95.1 cm³/mol. The molecule has 25 heavy (non-hydrogen) atoms. The Morgan fingerprint density at radius 3 is 2.44 bits per heavy atom. The third-order valence-electron chi connectivity index (χ3n) is 5.07. The fourth-order valence-corrected chi connectivity index (χ4v) is 3.66. The molecule has 0 unspecified atom stereocenters. The lowest BCUT2D eigenvalue weighted by molar-refractivity contribution is -0.135. The SMILES string of the molecule is COc1ccc(N2C[C@H](C(=O)N3CCCCCC3)CC2=O)c(OC)c1. The molecule has 2 amide bonds. The maximum absolute atomic E-state index is 12.8. The van der Waals surface area contributed by atoms with E-state index in [0.29, 0.717) is 23.7 Å².